The average molecular weight is 264 g/mol. The third-order valence-electron chi connectivity index (χ3n) is 2.72. The SMILES string of the molecule is Cn1nccc1CNCc1cnc(C(C)(C)C)s1. The lowest BCUT2D eigenvalue weighted by molar-refractivity contribution is 0.585. The molecule has 0 amide bonds. The summed E-state index contributed by atoms with van der Waals surface area (Å²) in [4.78, 5) is 5.76. The first kappa shape index (κ1) is 13.2. The van der Waals surface area contributed by atoms with Crippen LogP contribution in [0.5, 0.6) is 0 Å². The highest BCUT2D eigenvalue weighted by Crippen LogP contribution is 2.26. The summed E-state index contributed by atoms with van der Waals surface area (Å²) in [7, 11) is 1.96. The first-order valence-electron chi connectivity index (χ1n) is 6.09. The lowest BCUT2D eigenvalue weighted by atomic mass is 9.98. The van der Waals surface area contributed by atoms with Crippen molar-refractivity contribution in [3.05, 3.63) is 34.0 Å². The summed E-state index contributed by atoms with van der Waals surface area (Å²) in [5.41, 5.74) is 1.33. The number of aryl methyl sites for hydroxylation is 1. The molecule has 4 nitrogen and oxygen atoms in total. The van der Waals surface area contributed by atoms with Crippen LogP contribution in [0.25, 0.3) is 0 Å². The molecular weight excluding hydrogens is 244 g/mol. The van der Waals surface area contributed by atoms with Crippen molar-refractivity contribution in [2.75, 3.05) is 0 Å². The number of hydrogen-bond acceptors (Lipinski definition) is 4. The number of nitrogens with zero attached hydrogens (tertiary/aromatic N) is 3. The topological polar surface area (TPSA) is 42.7 Å². The molecule has 1 N–H and O–H groups in total. The maximum atomic E-state index is 4.48. The van der Waals surface area contributed by atoms with Crippen molar-refractivity contribution >= 4 is 11.3 Å². The van der Waals surface area contributed by atoms with Crippen LogP contribution in [0.15, 0.2) is 18.5 Å². The molecule has 0 aliphatic carbocycles. The molecule has 0 atom stereocenters. The van der Waals surface area contributed by atoms with Crippen molar-refractivity contribution in [2.24, 2.45) is 7.05 Å². The van der Waals surface area contributed by atoms with Gasteiger partial charge in [-0.2, -0.15) is 5.10 Å². The Morgan fingerprint density at radius 2 is 2.11 bits per heavy atom. The highest BCUT2D eigenvalue weighted by atomic mass is 32.1. The molecule has 0 radical (unpaired) electrons. The maximum absolute atomic E-state index is 4.48. The van der Waals surface area contributed by atoms with Crippen molar-refractivity contribution in [1.29, 1.82) is 0 Å². The Kier molecular flexibility index (Phi) is 3.82. The Morgan fingerprint density at radius 3 is 2.67 bits per heavy atom. The minimum Gasteiger partial charge on any atom is -0.306 e. The normalized spacial score (nSPS) is 12.0. The lowest BCUT2D eigenvalue weighted by Crippen LogP contribution is -2.14. The second kappa shape index (κ2) is 5.20. The van der Waals surface area contributed by atoms with Gasteiger partial charge >= 0.3 is 0 Å². The van der Waals surface area contributed by atoms with Crippen LogP contribution < -0.4 is 5.32 Å². The fourth-order valence-corrected chi connectivity index (χ4v) is 2.56. The molecule has 0 aliphatic rings. The first-order chi connectivity index (χ1) is 8.47. The number of hydrogen-bond donors (Lipinski definition) is 1. The summed E-state index contributed by atoms with van der Waals surface area (Å²) in [6.45, 7) is 8.27. The summed E-state index contributed by atoms with van der Waals surface area (Å²) < 4.78 is 1.89. The number of aromatic nitrogens is 3. The van der Waals surface area contributed by atoms with Gasteiger partial charge < -0.3 is 5.32 Å². The van der Waals surface area contributed by atoms with Gasteiger partial charge in [0.05, 0.1) is 10.7 Å². The van der Waals surface area contributed by atoms with Gasteiger partial charge in [0.2, 0.25) is 0 Å². The fourth-order valence-electron chi connectivity index (χ4n) is 1.62. The van der Waals surface area contributed by atoms with E-state index in [4.69, 9.17) is 0 Å². The third-order valence-corrected chi connectivity index (χ3v) is 4.15. The van der Waals surface area contributed by atoms with E-state index in [0.717, 1.165) is 13.1 Å². The number of nitrogens with one attached hydrogen (secondary N) is 1. The third kappa shape index (κ3) is 3.17. The Morgan fingerprint density at radius 1 is 1.33 bits per heavy atom. The molecule has 0 aromatic carbocycles. The lowest BCUT2D eigenvalue weighted by Gasteiger charge is -2.13. The quantitative estimate of drug-likeness (QED) is 0.922. The second-order valence-electron chi connectivity index (χ2n) is 5.43. The molecule has 2 aromatic rings. The van der Waals surface area contributed by atoms with Crippen LogP contribution in [-0.2, 0) is 25.6 Å². The molecule has 0 saturated heterocycles. The van der Waals surface area contributed by atoms with E-state index >= 15 is 0 Å². The van der Waals surface area contributed by atoms with E-state index in [2.05, 4.69) is 36.2 Å². The summed E-state index contributed by atoms with van der Waals surface area (Å²) in [5, 5.41) is 8.76. The van der Waals surface area contributed by atoms with Crippen LogP contribution >= 0.6 is 11.3 Å². The molecule has 98 valence electrons. The maximum Gasteiger partial charge on any atom is 0.0981 e. The molecule has 18 heavy (non-hydrogen) atoms. The van der Waals surface area contributed by atoms with E-state index in [0.29, 0.717) is 0 Å². The van der Waals surface area contributed by atoms with Crippen LogP contribution in [0, 0.1) is 0 Å². The van der Waals surface area contributed by atoms with E-state index in [1.54, 1.807) is 11.3 Å². The molecule has 0 aliphatic heterocycles. The van der Waals surface area contributed by atoms with E-state index < -0.39 is 0 Å². The molecule has 5 heteroatoms. The van der Waals surface area contributed by atoms with Crippen LogP contribution in [-0.4, -0.2) is 14.8 Å². The molecule has 2 aromatic heterocycles. The second-order valence-corrected chi connectivity index (χ2v) is 6.55. The van der Waals surface area contributed by atoms with E-state index in [1.165, 1.54) is 15.6 Å². The van der Waals surface area contributed by atoms with E-state index in [1.807, 2.05) is 30.2 Å². The van der Waals surface area contributed by atoms with Crippen molar-refractivity contribution in [3.8, 4) is 0 Å². The fraction of sp³-hybridized carbons (Fsp3) is 0.538. The van der Waals surface area contributed by atoms with Gasteiger partial charge in [-0.05, 0) is 6.07 Å². The zero-order valence-electron chi connectivity index (χ0n) is 11.4. The monoisotopic (exact) mass is 264 g/mol. The Bertz CT molecular complexity index is 507. The summed E-state index contributed by atoms with van der Waals surface area (Å²) in [6, 6.07) is 2.03. The van der Waals surface area contributed by atoms with Gasteiger partial charge in [0, 0.05) is 42.8 Å². The number of thiazole rings is 1. The minimum absolute atomic E-state index is 0.144. The number of rotatable bonds is 4. The van der Waals surface area contributed by atoms with E-state index in [9.17, 15) is 0 Å². The summed E-state index contributed by atoms with van der Waals surface area (Å²) in [6.07, 6.45) is 3.79. The standard InChI is InChI=1S/C13H20N4S/c1-13(2,3)12-15-9-11(18-12)8-14-7-10-5-6-16-17(10)4/h5-6,9,14H,7-8H2,1-4H3. The zero-order valence-corrected chi connectivity index (χ0v) is 12.2. The average Bonchev–Trinajstić information content (AvgIpc) is 2.88. The predicted octanol–water partition coefficient (Wildman–Crippen LogP) is 2.46. The van der Waals surface area contributed by atoms with Gasteiger partial charge in [0.25, 0.3) is 0 Å². The highest BCUT2D eigenvalue weighted by molar-refractivity contribution is 7.11. The molecule has 2 rings (SSSR count). The Labute approximate surface area is 112 Å². The predicted molar refractivity (Wildman–Crippen MR) is 74.6 cm³/mol. The van der Waals surface area contributed by atoms with Crippen molar-refractivity contribution in [3.63, 3.8) is 0 Å². The van der Waals surface area contributed by atoms with Gasteiger partial charge in [0.1, 0.15) is 0 Å². The minimum atomic E-state index is 0.144. The molecule has 2 heterocycles. The van der Waals surface area contributed by atoms with Gasteiger partial charge in [-0.25, -0.2) is 4.98 Å². The van der Waals surface area contributed by atoms with Crippen LogP contribution in [0.2, 0.25) is 0 Å². The first-order valence-corrected chi connectivity index (χ1v) is 6.91. The molecule has 0 saturated carbocycles. The largest absolute Gasteiger partial charge is 0.306 e. The van der Waals surface area contributed by atoms with Crippen molar-refractivity contribution in [2.45, 2.75) is 39.3 Å². The molecule has 0 fully saturated rings. The molecule has 0 bridgehead atoms. The molecule has 0 spiro atoms. The summed E-state index contributed by atoms with van der Waals surface area (Å²) >= 11 is 1.79. The van der Waals surface area contributed by atoms with Gasteiger partial charge in [-0.1, -0.05) is 20.8 Å². The van der Waals surface area contributed by atoms with Crippen LogP contribution in [0.4, 0.5) is 0 Å². The molecule has 0 unspecified atom stereocenters. The van der Waals surface area contributed by atoms with Gasteiger partial charge in [0.15, 0.2) is 0 Å². The smallest absolute Gasteiger partial charge is 0.0981 e. The Hall–Kier alpha value is -1.20. The molecular formula is C13H20N4S. The zero-order chi connectivity index (χ0) is 13.2. The van der Waals surface area contributed by atoms with Crippen molar-refractivity contribution < 1.29 is 0 Å². The Balaban J connectivity index is 1.88. The van der Waals surface area contributed by atoms with Gasteiger partial charge in [-0.15, -0.1) is 11.3 Å². The van der Waals surface area contributed by atoms with Gasteiger partial charge in [-0.3, -0.25) is 4.68 Å². The van der Waals surface area contributed by atoms with Crippen LogP contribution in [0.3, 0.4) is 0 Å². The summed E-state index contributed by atoms with van der Waals surface area (Å²) in [5.74, 6) is 0. The van der Waals surface area contributed by atoms with E-state index in [-0.39, 0.29) is 5.41 Å². The van der Waals surface area contributed by atoms with Crippen LogP contribution in [0.1, 0.15) is 36.3 Å². The highest BCUT2D eigenvalue weighted by Gasteiger charge is 2.17. The van der Waals surface area contributed by atoms with Crippen molar-refractivity contribution in [1.82, 2.24) is 20.1 Å².